The van der Waals surface area contributed by atoms with Crippen LogP contribution in [-0.4, -0.2) is 30.7 Å². The molecule has 26 heavy (non-hydrogen) atoms. The Bertz CT molecular complexity index is 1040. The number of pyridine rings is 1. The van der Waals surface area contributed by atoms with E-state index in [0.29, 0.717) is 12.4 Å². The lowest BCUT2D eigenvalue weighted by molar-refractivity contribution is -0.134. The molecule has 2 aromatic carbocycles. The molecule has 0 spiro atoms. The smallest absolute Gasteiger partial charge is 0.300 e. The van der Waals surface area contributed by atoms with Crippen molar-refractivity contribution in [1.82, 2.24) is 14.5 Å². The van der Waals surface area contributed by atoms with Crippen LogP contribution in [0.25, 0.3) is 21.9 Å². The fraction of sp³-hybridized carbons (Fsp3) is 0.150. The molecule has 0 saturated heterocycles. The summed E-state index contributed by atoms with van der Waals surface area (Å²) in [6.45, 7) is 1.68. The third kappa shape index (κ3) is 3.70. The molecule has 0 fully saturated rings. The molecule has 4 rings (SSSR count). The molecule has 0 saturated carbocycles. The molecule has 6 nitrogen and oxygen atoms in total. The number of imidazole rings is 1. The Morgan fingerprint density at radius 1 is 1.04 bits per heavy atom. The number of rotatable bonds is 3. The van der Waals surface area contributed by atoms with Gasteiger partial charge in [0.05, 0.1) is 17.2 Å². The van der Waals surface area contributed by atoms with Gasteiger partial charge < -0.3 is 14.8 Å². The van der Waals surface area contributed by atoms with Crippen molar-refractivity contribution in [1.29, 1.82) is 0 Å². The van der Waals surface area contributed by atoms with Gasteiger partial charge in [0.15, 0.2) is 0 Å². The van der Waals surface area contributed by atoms with Gasteiger partial charge in [0, 0.05) is 18.9 Å². The average Bonchev–Trinajstić information content (AvgIpc) is 3.00. The second-order valence-electron chi connectivity index (χ2n) is 5.79. The normalized spacial score (nSPS) is 10.5. The molecule has 0 atom stereocenters. The topological polar surface area (TPSA) is 88.2 Å². The number of hydrogen-bond donors (Lipinski definition) is 2. The predicted octanol–water partition coefficient (Wildman–Crippen LogP) is 3.22. The Morgan fingerprint density at radius 2 is 1.69 bits per heavy atom. The monoisotopic (exact) mass is 349 g/mol. The second-order valence-corrected chi connectivity index (χ2v) is 5.79. The van der Waals surface area contributed by atoms with Crippen molar-refractivity contribution in [3.63, 3.8) is 0 Å². The van der Waals surface area contributed by atoms with Crippen LogP contribution in [0.3, 0.4) is 0 Å². The van der Waals surface area contributed by atoms with Gasteiger partial charge in [-0.05, 0) is 11.6 Å². The van der Waals surface area contributed by atoms with Crippen LogP contribution >= 0.6 is 0 Å². The number of fused-ring (bicyclic) bond motifs is 3. The van der Waals surface area contributed by atoms with Crippen molar-refractivity contribution < 1.29 is 15.0 Å². The van der Waals surface area contributed by atoms with E-state index < -0.39 is 5.97 Å². The van der Waals surface area contributed by atoms with E-state index in [1.165, 1.54) is 5.56 Å². The molecule has 0 aliphatic carbocycles. The highest BCUT2D eigenvalue weighted by atomic mass is 16.4. The SMILES string of the molecule is CC(=O)O.OCc1nc2cnc3ccccc3c2n1Cc1ccccc1. The maximum absolute atomic E-state index is 9.67. The van der Waals surface area contributed by atoms with Gasteiger partial charge in [-0.25, -0.2) is 4.98 Å². The first-order chi connectivity index (χ1) is 12.6. The lowest BCUT2D eigenvalue weighted by Crippen LogP contribution is -2.05. The zero-order chi connectivity index (χ0) is 18.5. The van der Waals surface area contributed by atoms with Gasteiger partial charge in [0.25, 0.3) is 5.97 Å². The number of aromatic nitrogens is 3. The molecule has 2 aromatic heterocycles. The zero-order valence-electron chi connectivity index (χ0n) is 14.3. The van der Waals surface area contributed by atoms with Crippen molar-refractivity contribution in [2.45, 2.75) is 20.1 Å². The van der Waals surface area contributed by atoms with Crippen LogP contribution < -0.4 is 0 Å². The fourth-order valence-corrected chi connectivity index (χ4v) is 2.87. The highest BCUT2D eigenvalue weighted by Gasteiger charge is 2.13. The van der Waals surface area contributed by atoms with Crippen molar-refractivity contribution in [2.24, 2.45) is 0 Å². The summed E-state index contributed by atoms with van der Waals surface area (Å²) in [4.78, 5) is 18.0. The molecular formula is C20H19N3O3. The third-order valence-electron chi connectivity index (χ3n) is 3.88. The Kier molecular flexibility index (Phi) is 5.24. The van der Waals surface area contributed by atoms with Gasteiger partial charge >= 0.3 is 0 Å². The van der Waals surface area contributed by atoms with Crippen LogP contribution in [0.4, 0.5) is 0 Å². The summed E-state index contributed by atoms with van der Waals surface area (Å²) in [5.74, 6) is -0.169. The van der Waals surface area contributed by atoms with Crippen LogP contribution in [0.5, 0.6) is 0 Å². The summed E-state index contributed by atoms with van der Waals surface area (Å²) in [5, 5.41) is 18.1. The van der Waals surface area contributed by atoms with E-state index in [1.54, 1.807) is 6.20 Å². The number of hydrogen-bond acceptors (Lipinski definition) is 4. The van der Waals surface area contributed by atoms with Gasteiger partial charge in [-0.15, -0.1) is 0 Å². The van der Waals surface area contributed by atoms with Crippen LogP contribution in [-0.2, 0) is 17.9 Å². The summed E-state index contributed by atoms with van der Waals surface area (Å²) in [5.41, 5.74) is 3.96. The van der Waals surface area contributed by atoms with E-state index in [9.17, 15) is 5.11 Å². The van der Waals surface area contributed by atoms with Gasteiger partial charge in [-0.1, -0.05) is 48.5 Å². The molecule has 0 unspecified atom stereocenters. The number of aliphatic carboxylic acids is 1. The van der Waals surface area contributed by atoms with Gasteiger partial charge in [-0.3, -0.25) is 9.78 Å². The van der Waals surface area contributed by atoms with Crippen LogP contribution in [0.1, 0.15) is 18.3 Å². The van der Waals surface area contributed by atoms with E-state index >= 15 is 0 Å². The van der Waals surface area contributed by atoms with Crippen LogP contribution in [0, 0.1) is 0 Å². The number of carbonyl (C=O) groups is 1. The minimum atomic E-state index is -0.833. The highest BCUT2D eigenvalue weighted by Crippen LogP contribution is 2.25. The fourth-order valence-electron chi connectivity index (χ4n) is 2.87. The number of carboxylic acid groups (broad SMARTS) is 1. The quantitative estimate of drug-likeness (QED) is 0.593. The largest absolute Gasteiger partial charge is 0.481 e. The number of carboxylic acids is 1. The summed E-state index contributed by atoms with van der Waals surface area (Å²) >= 11 is 0. The van der Waals surface area contributed by atoms with Crippen molar-refractivity contribution in [3.05, 3.63) is 72.2 Å². The van der Waals surface area contributed by atoms with Gasteiger partial charge in [0.1, 0.15) is 17.9 Å². The maximum atomic E-state index is 9.67. The average molecular weight is 349 g/mol. The molecule has 4 aromatic rings. The Hall–Kier alpha value is -3.25. The number of benzene rings is 2. The first-order valence-electron chi connectivity index (χ1n) is 8.17. The standard InChI is InChI=1S/C18H15N3O.C2H4O2/c22-12-17-20-16-10-19-15-9-5-4-8-14(15)18(16)21(17)11-13-6-2-1-3-7-13;1-2(3)4/h1-10,22H,11-12H2;1H3,(H,3,4). The first kappa shape index (κ1) is 17.6. The van der Waals surface area contributed by atoms with Crippen molar-refractivity contribution in [2.75, 3.05) is 0 Å². The number of para-hydroxylation sites is 1. The Balaban J connectivity index is 0.000000447. The van der Waals surface area contributed by atoms with E-state index in [4.69, 9.17) is 9.90 Å². The van der Waals surface area contributed by atoms with Gasteiger partial charge in [-0.2, -0.15) is 0 Å². The van der Waals surface area contributed by atoms with E-state index in [0.717, 1.165) is 28.9 Å². The lowest BCUT2D eigenvalue weighted by atomic mass is 10.2. The minimum Gasteiger partial charge on any atom is -0.481 e. The summed E-state index contributed by atoms with van der Waals surface area (Å²) < 4.78 is 2.08. The van der Waals surface area contributed by atoms with E-state index in [-0.39, 0.29) is 6.61 Å². The maximum Gasteiger partial charge on any atom is 0.300 e. The van der Waals surface area contributed by atoms with Crippen LogP contribution in [0.15, 0.2) is 60.8 Å². The zero-order valence-corrected chi connectivity index (χ0v) is 14.3. The molecular weight excluding hydrogens is 330 g/mol. The third-order valence-corrected chi connectivity index (χ3v) is 3.88. The van der Waals surface area contributed by atoms with E-state index in [1.807, 2.05) is 36.4 Å². The van der Waals surface area contributed by atoms with Crippen LogP contribution in [0.2, 0.25) is 0 Å². The molecule has 6 heteroatoms. The number of aliphatic hydroxyl groups is 1. The predicted molar refractivity (Wildman–Crippen MR) is 99.8 cm³/mol. The molecule has 0 bridgehead atoms. The van der Waals surface area contributed by atoms with Crippen molar-refractivity contribution in [3.8, 4) is 0 Å². The molecule has 0 aliphatic rings. The van der Waals surface area contributed by atoms with E-state index in [2.05, 4.69) is 32.7 Å². The molecule has 2 heterocycles. The van der Waals surface area contributed by atoms with Gasteiger partial charge in [0.2, 0.25) is 0 Å². The summed E-state index contributed by atoms with van der Waals surface area (Å²) in [7, 11) is 0. The first-order valence-corrected chi connectivity index (χ1v) is 8.17. The molecule has 132 valence electrons. The molecule has 0 amide bonds. The summed E-state index contributed by atoms with van der Waals surface area (Å²) in [6, 6.07) is 18.2. The van der Waals surface area contributed by atoms with Crippen molar-refractivity contribution >= 4 is 27.9 Å². The number of nitrogens with zero attached hydrogens (tertiary/aromatic N) is 3. The number of aliphatic hydroxyl groups excluding tert-OH is 1. The highest BCUT2D eigenvalue weighted by molar-refractivity contribution is 6.02. The lowest BCUT2D eigenvalue weighted by Gasteiger charge is -2.09. The Morgan fingerprint density at radius 3 is 2.38 bits per heavy atom. The second kappa shape index (κ2) is 7.76. The molecule has 0 radical (unpaired) electrons. The summed E-state index contributed by atoms with van der Waals surface area (Å²) in [6.07, 6.45) is 1.78. The Labute approximate surface area is 150 Å². The minimum absolute atomic E-state index is 0.0875. The molecule has 0 aliphatic heterocycles. The molecule has 2 N–H and O–H groups in total.